The molecule has 1 amide bonds. The van der Waals surface area contributed by atoms with Crippen LogP contribution < -0.4 is 10.6 Å². The van der Waals surface area contributed by atoms with Gasteiger partial charge in [0.1, 0.15) is 17.5 Å². The Morgan fingerprint density at radius 3 is 2.74 bits per heavy atom. The number of aliphatic carboxylic acids is 1. The van der Waals surface area contributed by atoms with Crippen molar-refractivity contribution in [1.82, 2.24) is 15.2 Å². The topological polar surface area (TPSA) is 128 Å². The SMILES string of the molecule is CC(C)(C)OC(=O)NC(CCN(CCCCc1ccc2c(n1)NCCC2)CC1(C#N)CC1)C(=O)O. The van der Waals surface area contributed by atoms with Crippen molar-refractivity contribution >= 4 is 17.9 Å². The summed E-state index contributed by atoms with van der Waals surface area (Å²) in [6, 6.07) is 5.67. The maximum atomic E-state index is 12.1. The highest BCUT2D eigenvalue weighted by molar-refractivity contribution is 5.80. The zero-order chi connectivity index (χ0) is 25.5. The van der Waals surface area contributed by atoms with Gasteiger partial charge >= 0.3 is 12.1 Å². The van der Waals surface area contributed by atoms with Crippen LogP contribution in [0.4, 0.5) is 10.6 Å². The maximum absolute atomic E-state index is 12.1. The molecule has 1 aromatic heterocycles. The van der Waals surface area contributed by atoms with Crippen LogP contribution in [0.3, 0.4) is 0 Å². The second-order valence-corrected chi connectivity index (χ2v) is 10.8. The van der Waals surface area contributed by atoms with Gasteiger partial charge in [-0.15, -0.1) is 0 Å². The molecule has 2 heterocycles. The third-order valence-electron chi connectivity index (χ3n) is 6.45. The van der Waals surface area contributed by atoms with Gasteiger partial charge in [-0.25, -0.2) is 14.6 Å². The number of amides is 1. The zero-order valence-corrected chi connectivity index (χ0v) is 21.2. The molecule has 3 N–H and O–H groups in total. The molecule has 1 fully saturated rings. The molecule has 1 aromatic rings. The minimum Gasteiger partial charge on any atom is -0.480 e. The number of rotatable bonds is 12. The van der Waals surface area contributed by atoms with E-state index in [9.17, 15) is 20.0 Å². The summed E-state index contributed by atoms with van der Waals surface area (Å²) in [6.07, 6.45) is 6.24. The van der Waals surface area contributed by atoms with Crippen molar-refractivity contribution in [2.75, 3.05) is 31.5 Å². The van der Waals surface area contributed by atoms with E-state index >= 15 is 0 Å². The molecule has 1 aliphatic heterocycles. The number of carbonyl (C=O) groups excluding carboxylic acids is 1. The number of ether oxygens (including phenoxy) is 1. The van der Waals surface area contributed by atoms with Gasteiger partial charge in [-0.3, -0.25) is 0 Å². The Kier molecular flexibility index (Phi) is 8.95. The largest absolute Gasteiger partial charge is 0.480 e. The molecule has 9 heteroatoms. The number of alkyl carbamates (subject to hydrolysis) is 1. The first kappa shape index (κ1) is 26.7. The second kappa shape index (κ2) is 11.7. The molecule has 2 aliphatic rings. The number of anilines is 1. The molecule has 0 radical (unpaired) electrons. The summed E-state index contributed by atoms with van der Waals surface area (Å²) < 4.78 is 5.21. The Morgan fingerprint density at radius 2 is 2.09 bits per heavy atom. The lowest BCUT2D eigenvalue weighted by atomic mass is 10.1. The van der Waals surface area contributed by atoms with Crippen molar-refractivity contribution in [2.45, 2.75) is 83.8 Å². The molecule has 3 rings (SSSR count). The zero-order valence-electron chi connectivity index (χ0n) is 21.2. The first-order chi connectivity index (χ1) is 16.6. The summed E-state index contributed by atoms with van der Waals surface area (Å²) in [5.74, 6) is -0.0819. The minimum absolute atomic E-state index is 0.244. The number of aryl methyl sites for hydroxylation is 2. The van der Waals surface area contributed by atoms with E-state index < -0.39 is 23.7 Å². The van der Waals surface area contributed by atoms with Crippen LogP contribution in [-0.4, -0.2) is 64.9 Å². The lowest BCUT2D eigenvalue weighted by Crippen LogP contribution is -2.45. The Bertz CT molecular complexity index is 933. The quantitative estimate of drug-likeness (QED) is 0.382. The number of hydrogen-bond acceptors (Lipinski definition) is 7. The van der Waals surface area contributed by atoms with Crippen molar-refractivity contribution in [3.8, 4) is 6.07 Å². The van der Waals surface area contributed by atoms with E-state index in [1.807, 2.05) is 0 Å². The van der Waals surface area contributed by atoms with Crippen molar-refractivity contribution in [1.29, 1.82) is 5.26 Å². The van der Waals surface area contributed by atoms with Crippen molar-refractivity contribution in [2.24, 2.45) is 5.41 Å². The van der Waals surface area contributed by atoms with E-state index in [-0.39, 0.29) is 11.8 Å². The van der Waals surface area contributed by atoms with Gasteiger partial charge < -0.3 is 25.4 Å². The Labute approximate surface area is 208 Å². The van der Waals surface area contributed by atoms with Gasteiger partial charge in [0.05, 0.1) is 11.5 Å². The molecule has 0 spiro atoms. The fraction of sp³-hybridized carbons (Fsp3) is 0.692. The molecule has 1 atom stereocenters. The van der Waals surface area contributed by atoms with Crippen LogP contribution >= 0.6 is 0 Å². The molecule has 9 nitrogen and oxygen atoms in total. The minimum atomic E-state index is -1.09. The molecule has 1 unspecified atom stereocenters. The molecule has 1 saturated carbocycles. The first-order valence-corrected chi connectivity index (χ1v) is 12.7. The summed E-state index contributed by atoms with van der Waals surface area (Å²) in [7, 11) is 0. The fourth-order valence-corrected chi connectivity index (χ4v) is 4.32. The lowest BCUT2D eigenvalue weighted by Gasteiger charge is -2.27. The van der Waals surface area contributed by atoms with Crippen LogP contribution in [0.5, 0.6) is 0 Å². The van der Waals surface area contributed by atoms with Crippen LogP contribution in [0, 0.1) is 16.7 Å². The number of carbonyl (C=O) groups is 2. The lowest BCUT2D eigenvalue weighted by molar-refractivity contribution is -0.139. The van der Waals surface area contributed by atoms with Crippen molar-refractivity contribution in [3.05, 3.63) is 23.4 Å². The molecule has 0 aromatic carbocycles. The maximum Gasteiger partial charge on any atom is 0.408 e. The number of carboxylic acid groups (broad SMARTS) is 1. The number of pyridine rings is 1. The number of hydrogen-bond donors (Lipinski definition) is 3. The first-order valence-electron chi connectivity index (χ1n) is 12.7. The highest BCUT2D eigenvalue weighted by Gasteiger charge is 2.44. The second-order valence-electron chi connectivity index (χ2n) is 10.8. The van der Waals surface area contributed by atoms with Crippen LogP contribution in [0.25, 0.3) is 0 Å². The highest BCUT2D eigenvalue weighted by atomic mass is 16.6. The van der Waals surface area contributed by atoms with E-state index in [4.69, 9.17) is 9.72 Å². The van der Waals surface area contributed by atoms with Crippen LogP contribution in [-0.2, 0) is 22.4 Å². The number of fused-ring (bicyclic) bond motifs is 1. The monoisotopic (exact) mass is 485 g/mol. The average Bonchev–Trinajstić information content (AvgIpc) is 3.57. The van der Waals surface area contributed by atoms with Crippen LogP contribution in [0.1, 0.15) is 70.6 Å². The summed E-state index contributed by atoms with van der Waals surface area (Å²) in [4.78, 5) is 30.7. The Balaban J connectivity index is 1.50. The van der Waals surface area contributed by atoms with E-state index in [0.717, 1.165) is 69.5 Å². The van der Waals surface area contributed by atoms with Gasteiger partial charge in [0.15, 0.2) is 0 Å². The Hall–Kier alpha value is -2.86. The number of carboxylic acids is 1. The van der Waals surface area contributed by atoms with Gasteiger partial charge in [0.2, 0.25) is 0 Å². The average molecular weight is 486 g/mol. The summed E-state index contributed by atoms with van der Waals surface area (Å²) >= 11 is 0. The number of nitrogens with one attached hydrogen (secondary N) is 2. The number of unbranched alkanes of at least 4 members (excludes halogenated alkanes) is 1. The van der Waals surface area contributed by atoms with Gasteiger partial charge in [-0.05, 0) is 90.3 Å². The predicted molar refractivity (Wildman–Crippen MR) is 133 cm³/mol. The molecular weight excluding hydrogens is 446 g/mol. The molecule has 192 valence electrons. The van der Waals surface area contributed by atoms with Gasteiger partial charge in [-0.2, -0.15) is 5.26 Å². The number of nitrogens with zero attached hydrogens (tertiary/aromatic N) is 3. The van der Waals surface area contributed by atoms with E-state index in [2.05, 4.69) is 33.7 Å². The van der Waals surface area contributed by atoms with E-state index in [0.29, 0.717) is 13.1 Å². The summed E-state index contributed by atoms with van der Waals surface area (Å²) in [6.45, 7) is 8.05. The van der Waals surface area contributed by atoms with Gasteiger partial charge in [0.25, 0.3) is 0 Å². The molecular formula is C26H39N5O4. The van der Waals surface area contributed by atoms with E-state index in [1.54, 1.807) is 20.8 Å². The normalized spacial score (nSPS) is 17.0. The number of aromatic nitrogens is 1. The molecule has 35 heavy (non-hydrogen) atoms. The van der Waals surface area contributed by atoms with Crippen molar-refractivity contribution in [3.63, 3.8) is 0 Å². The van der Waals surface area contributed by atoms with E-state index in [1.165, 1.54) is 5.56 Å². The molecule has 0 bridgehead atoms. The van der Waals surface area contributed by atoms with Crippen molar-refractivity contribution < 1.29 is 19.4 Å². The summed E-state index contributed by atoms with van der Waals surface area (Å²) in [5, 5.41) is 25.0. The highest BCUT2D eigenvalue weighted by Crippen LogP contribution is 2.45. The smallest absolute Gasteiger partial charge is 0.408 e. The van der Waals surface area contributed by atoms with Crippen LogP contribution in [0.2, 0.25) is 0 Å². The Morgan fingerprint density at radius 1 is 1.31 bits per heavy atom. The molecule has 0 saturated heterocycles. The van der Waals surface area contributed by atoms with Gasteiger partial charge in [-0.1, -0.05) is 6.07 Å². The third-order valence-corrected chi connectivity index (χ3v) is 6.45. The third kappa shape index (κ3) is 8.70. The van der Waals surface area contributed by atoms with Crippen LogP contribution in [0.15, 0.2) is 12.1 Å². The fourth-order valence-electron chi connectivity index (χ4n) is 4.32. The predicted octanol–water partition coefficient (Wildman–Crippen LogP) is 3.74. The standard InChI is InChI=1S/C26H39N5O4/c1-25(2,3)35-24(34)30-21(23(32)33)11-16-31(18-26(17-27)12-13-26)15-5-4-8-20-10-9-19-7-6-14-28-22(19)29-20/h9-10,21H,4-8,11-16,18H2,1-3H3,(H,28,29)(H,30,34)(H,32,33). The summed E-state index contributed by atoms with van der Waals surface area (Å²) in [5.41, 5.74) is 1.34. The van der Waals surface area contributed by atoms with Gasteiger partial charge in [0, 0.05) is 25.3 Å². The number of nitriles is 1. The molecule has 1 aliphatic carbocycles.